The summed E-state index contributed by atoms with van der Waals surface area (Å²) in [7, 11) is 3.46. The summed E-state index contributed by atoms with van der Waals surface area (Å²) >= 11 is 0. The van der Waals surface area contributed by atoms with E-state index in [1.165, 1.54) is 21.9 Å². The Hall–Kier alpha value is -3.18. The molecule has 4 rings (SSSR count). The van der Waals surface area contributed by atoms with Gasteiger partial charge in [0.1, 0.15) is 0 Å². The van der Waals surface area contributed by atoms with E-state index in [0.717, 1.165) is 6.54 Å². The van der Waals surface area contributed by atoms with E-state index in [1.54, 1.807) is 19.0 Å². The van der Waals surface area contributed by atoms with Crippen LogP contribution in [-0.2, 0) is 9.59 Å². The molecule has 0 radical (unpaired) electrons. The minimum absolute atomic E-state index is 0.00529. The van der Waals surface area contributed by atoms with Gasteiger partial charge in [0.2, 0.25) is 11.8 Å². The predicted octanol–water partition coefficient (Wildman–Crippen LogP) is 4.60. The first-order valence-electron chi connectivity index (χ1n) is 12.2. The van der Waals surface area contributed by atoms with E-state index in [1.807, 2.05) is 11.0 Å². The molecule has 1 aliphatic rings. The molecule has 5 heteroatoms. The van der Waals surface area contributed by atoms with Crippen molar-refractivity contribution in [2.75, 3.05) is 33.7 Å². The summed E-state index contributed by atoms with van der Waals surface area (Å²) in [6, 6.07) is 25.7. The molecule has 0 spiro atoms. The molecule has 3 atom stereocenters. The van der Waals surface area contributed by atoms with Gasteiger partial charge in [0.25, 0.3) is 0 Å². The number of carbonyl (C=O) groups excluding carboxylic acids is 2. The Labute approximate surface area is 202 Å². The molecule has 1 fully saturated rings. The molecule has 1 heterocycles. The van der Waals surface area contributed by atoms with E-state index in [2.05, 4.69) is 79.0 Å². The zero-order chi connectivity index (χ0) is 24.1. The van der Waals surface area contributed by atoms with Crippen molar-refractivity contribution < 1.29 is 9.59 Å². The van der Waals surface area contributed by atoms with Crippen molar-refractivity contribution in [1.29, 1.82) is 0 Å². The minimum Gasteiger partial charge on any atom is -0.349 e. The normalized spacial score (nSPS) is 18.7. The Morgan fingerprint density at radius 2 is 1.65 bits per heavy atom. The predicted molar refractivity (Wildman–Crippen MR) is 138 cm³/mol. The molecule has 0 unspecified atom stereocenters. The highest BCUT2D eigenvalue weighted by Crippen LogP contribution is 2.33. The Kier molecular flexibility index (Phi) is 7.63. The molecular weight excluding hydrogens is 422 g/mol. The fourth-order valence-electron chi connectivity index (χ4n) is 5.02. The van der Waals surface area contributed by atoms with E-state index >= 15 is 0 Å². The summed E-state index contributed by atoms with van der Waals surface area (Å²) in [6.07, 6.45) is 0.532. The number of fused-ring (bicyclic) bond motifs is 1. The van der Waals surface area contributed by atoms with E-state index in [-0.39, 0.29) is 36.6 Å². The topological polar surface area (TPSA) is 52.7 Å². The zero-order valence-electron chi connectivity index (χ0n) is 20.4. The molecule has 0 aromatic heterocycles. The van der Waals surface area contributed by atoms with Crippen LogP contribution < -0.4 is 5.32 Å². The first-order valence-corrected chi connectivity index (χ1v) is 12.2. The molecule has 2 amide bonds. The largest absolute Gasteiger partial charge is 0.349 e. The lowest BCUT2D eigenvalue weighted by molar-refractivity contribution is -0.135. The van der Waals surface area contributed by atoms with Gasteiger partial charge in [-0.1, -0.05) is 72.8 Å². The number of amides is 2. The smallest absolute Gasteiger partial charge is 0.223 e. The molecule has 0 bridgehead atoms. The fraction of sp³-hybridized carbons (Fsp3) is 0.379. The van der Waals surface area contributed by atoms with Crippen LogP contribution in [0.1, 0.15) is 42.9 Å². The van der Waals surface area contributed by atoms with Crippen LogP contribution in [0.5, 0.6) is 0 Å². The van der Waals surface area contributed by atoms with Gasteiger partial charge in [0.15, 0.2) is 0 Å². The van der Waals surface area contributed by atoms with Gasteiger partial charge < -0.3 is 15.1 Å². The Balaban J connectivity index is 1.46. The Morgan fingerprint density at radius 1 is 0.941 bits per heavy atom. The second-order valence-corrected chi connectivity index (χ2v) is 9.56. The van der Waals surface area contributed by atoms with Crippen LogP contribution in [0.3, 0.4) is 0 Å². The first kappa shape index (κ1) is 24.0. The molecule has 0 saturated carbocycles. The van der Waals surface area contributed by atoms with Gasteiger partial charge in [-0.2, -0.15) is 0 Å². The second-order valence-electron chi connectivity index (χ2n) is 9.56. The van der Waals surface area contributed by atoms with Crippen molar-refractivity contribution in [3.05, 3.63) is 83.9 Å². The zero-order valence-corrected chi connectivity index (χ0v) is 20.4. The Bertz CT molecular complexity index is 1120. The number of nitrogens with one attached hydrogen (secondary N) is 1. The number of carbonyl (C=O) groups is 2. The maximum atomic E-state index is 12.9. The highest BCUT2D eigenvalue weighted by molar-refractivity contribution is 5.86. The molecule has 1 saturated heterocycles. The van der Waals surface area contributed by atoms with Crippen LogP contribution in [0.4, 0.5) is 0 Å². The van der Waals surface area contributed by atoms with E-state index in [9.17, 15) is 9.59 Å². The third kappa shape index (κ3) is 5.48. The molecule has 5 nitrogen and oxygen atoms in total. The molecule has 34 heavy (non-hydrogen) atoms. The second kappa shape index (κ2) is 10.8. The molecule has 0 aliphatic carbocycles. The van der Waals surface area contributed by atoms with Crippen LogP contribution in [0, 0.1) is 5.92 Å². The average Bonchev–Trinajstić information content (AvgIpc) is 3.30. The van der Waals surface area contributed by atoms with Crippen molar-refractivity contribution in [3.63, 3.8) is 0 Å². The van der Waals surface area contributed by atoms with Gasteiger partial charge in [0, 0.05) is 58.5 Å². The molecular formula is C29H35N3O2. The van der Waals surface area contributed by atoms with Crippen LogP contribution in [0.25, 0.3) is 10.8 Å². The van der Waals surface area contributed by atoms with Gasteiger partial charge >= 0.3 is 0 Å². The molecule has 1 aliphatic heterocycles. The van der Waals surface area contributed by atoms with E-state index in [4.69, 9.17) is 0 Å². The average molecular weight is 458 g/mol. The lowest BCUT2D eigenvalue weighted by atomic mass is 9.88. The van der Waals surface area contributed by atoms with Gasteiger partial charge in [-0.05, 0) is 34.7 Å². The van der Waals surface area contributed by atoms with Gasteiger partial charge in [-0.15, -0.1) is 0 Å². The van der Waals surface area contributed by atoms with E-state index in [0.29, 0.717) is 19.0 Å². The van der Waals surface area contributed by atoms with Gasteiger partial charge in [-0.3, -0.25) is 9.59 Å². The molecule has 178 valence electrons. The highest BCUT2D eigenvalue weighted by Gasteiger charge is 2.36. The number of likely N-dealkylation sites (tertiary alicyclic amines) is 1. The van der Waals surface area contributed by atoms with Crippen molar-refractivity contribution in [3.8, 4) is 0 Å². The van der Waals surface area contributed by atoms with Gasteiger partial charge in [-0.25, -0.2) is 0 Å². The van der Waals surface area contributed by atoms with Crippen molar-refractivity contribution in [1.82, 2.24) is 15.1 Å². The molecule has 1 N–H and O–H groups in total. The lowest BCUT2D eigenvalue weighted by Gasteiger charge is -2.23. The standard InChI is InChI=1S/C29H35N3O2/c1-21(25-15-9-13-22-12-7-8-14-26(22)25)30-18-24-19-32(29(34)17-16-28(33)31(2)3)20-27(24)23-10-5-4-6-11-23/h4-15,21,24,27,30H,16-20H2,1-3H3/t21-,24-,27-/m1/s1. The summed E-state index contributed by atoms with van der Waals surface area (Å²) in [6.45, 7) is 4.45. The van der Waals surface area contributed by atoms with Crippen molar-refractivity contribution in [2.45, 2.75) is 31.7 Å². The summed E-state index contributed by atoms with van der Waals surface area (Å²) in [5.74, 6) is 0.658. The first-order chi connectivity index (χ1) is 16.4. The van der Waals surface area contributed by atoms with Crippen LogP contribution >= 0.6 is 0 Å². The number of hydrogen-bond donors (Lipinski definition) is 1. The van der Waals surface area contributed by atoms with Gasteiger partial charge in [0.05, 0.1) is 0 Å². The maximum Gasteiger partial charge on any atom is 0.223 e. The molecule has 3 aromatic carbocycles. The maximum absolute atomic E-state index is 12.9. The third-order valence-electron chi connectivity index (χ3n) is 7.05. The van der Waals surface area contributed by atoms with Crippen molar-refractivity contribution in [2.24, 2.45) is 5.92 Å². The summed E-state index contributed by atoms with van der Waals surface area (Å²) in [4.78, 5) is 28.4. The minimum atomic E-state index is -0.00529. The monoisotopic (exact) mass is 457 g/mol. The number of nitrogens with zero attached hydrogens (tertiary/aromatic N) is 2. The number of rotatable bonds is 8. The SMILES string of the molecule is C[C@@H](NC[C@@H]1CN(C(=O)CCC(=O)N(C)C)C[C@@H]1c1ccccc1)c1cccc2ccccc12. The summed E-state index contributed by atoms with van der Waals surface area (Å²) in [5, 5.41) is 6.29. The number of hydrogen-bond acceptors (Lipinski definition) is 3. The fourth-order valence-corrected chi connectivity index (χ4v) is 5.02. The summed E-state index contributed by atoms with van der Waals surface area (Å²) < 4.78 is 0. The van der Waals surface area contributed by atoms with Crippen LogP contribution in [0.2, 0.25) is 0 Å². The van der Waals surface area contributed by atoms with Crippen molar-refractivity contribution >= 4 is 22.6 Å². The third-order valence-corrected chi connectivity index (χ3v) is 7.05. The highest BCUT2D eigenvalue weighted by atomic mass is 16.2. The lowest BCUT2D eigenvalue weighted by Crippen LogP contribution is -2.32. The summed E-state index contributed by atoms with van der Waals surface area (Å²) in [5.41, 5.74) is 2.56. The van der Waals surface area contributed by atoms with Crippen LogP contribution in [0.15, 0.2) is 72.8 Å². The Morgan fingerprint density at radius 3 is 2.41 bits per heavy atom. The molecule has 3 aromatic rings. The van der Waals surface area contributed by atoms with Crippen LogP contribution in [-0.4, -0.2) is 55.3 Å². The number of benzene rings is 3. The quantitative estimate of drug-likeness (QED) is 0.538. The van der Waals surface area contributed by atoms with E-state index < -0.39 is 0 Å².